The standard InChI is InChI=1S/C13H21N3OS/c1-15(11-12-3-2-10-18-12)7-4-13(17)16-8-5-14-6-9-16/h2-3,10,14H,4-9,11H2,1H3. The molecule has 1 fully saturated rings. The number of rotatable bonds is 5. The molecule has 0 unspecified atom stereocenters. The second-order valence-corrected chi connectivity index (χ2v) is 5.73. The molecule has 0 saturated carbocycles. The lowest BCUT2D eigenvalue weighted by atomic mass is 10.3. The minimum Gasteiger partial charge on any atom is -0.340 e. The van der Waals surface area contributed by atoms with Crippen molar-refractivity contribution in [1.29, 1.82) is 0 Å². The van der Waals surface area contributed by atoms with Crippen molar-refractivity contribution in [2.75, 3.05) is 39.8 Å². The number of thiophene rings is 1. The lowest BCUT2D eigenvalue weighted by Crippen LogP contribution is -2.46. The molecule has 1 amide bonds. The summed E-state index contributed by atoms with van der Waals surface area (Å²) in [7, 11) is 2.07. The molecule has 4 nitrogen and oxygen atoms in total. The molecule has 0 aliphatic carbocycles. The highest BCUT2D eigenvalue weighted by Crippen LogP contribution is 2.11. The molecule has 1 saturated heterocycles. The molecular weight excluding hydrogens is 246 g/mol. The van der Waals surface area contributed by atoms with Crippen molar-refractivity contribution < 1.29 is 4.79 Å². The highest BCUT2D eigenvalue weighted by molar-refractivity contribution is 7.09. The zero-order chi connectivity index (χ0) is 12.8. The summed E-state index contributed by atoms with van der Waals surface area (Å²) in [5.74, 6) is 0.287. The highest BCUT2D eigenvalue weighted by atomic mass is 32.1. The van der Waals surface area contributed by atoms with Gasteiger partial charge in [-0.05, 0) is 18.5 Å². The van der Waals surface area contributed by atoms with Gasteiger partial charge in [-0.1, -0.05) is 6.07 Å². The average molecular weight is 267 g/mol. The van der Waals surface area contributed by atoms with E-state index < -0.39 is 0 Å². The average Bonchev–Trinajstić information content (AvgIpc) is 2.90. The first-order valence-corrected chi connectivity index (χ1v) is 7.33. The minimum atomic E-state index is 0.287. The van der Waals surface area contributed by atoms with Crippen LogP contribution in [0, 0.1) is 0 Å². The first kappa shape index (κ1) is 13.5. The number of hydrogen-bond acceptors (Lipinski definition) is 4. The van der Waals surface area contributed by atoms with Crippen molar-refractivity contribution in [2.45, 2.75) is 13.0 Å². The quantitative estimate of drug-likeness (QED) is 0.864. The first-order chi connectivity index (χ1) is 8.75. The molecule has 2 heterocycles. The van der Waals surface area contributed by atoms with Crippen LogP contribution in [0.4, 0.5) is 0 Å². The third-order valence-electron chi connectivity index (χ3n) is 3.18. The smallest absolute Gasteiger partial charge is 0.223 e. The van der Waals surface area contributed by atoms with E-state index in [-0.39, 0.29) is 5.91 Å². The molecule has 1 aromatic rings. The molecule has 0 radical (unpaired) electrons. The third-order valence-corrected chi connectivity index (χ3v) is 4.04. The van der Waals surface area contributed by atoms with E-state index in [1.54, 1.807) is 11.3 Å². The molecule has 0 spiro atoms. The molecular formula is C13H21N3OS. The van der Waals surface area contributed by atoms with Crippen LogP contribution in [0.15, 0.2) is 17.5 Å². The molecule has 1 aliphatic rings. The van der Waals surface area contributed by atoms with E-state index in [0.717, 1.165) is 39.3 Å². The van der Waals surface area contributed by atoms with Crippen LogP contribution in [-0.4, -0.2) is 55.5 Å². The number of piperazine rings is 1. The molecule has 5 heteroatoms. The van der Waals surface area contributed by atoms with Crippen LogP contribution in [0.1, 0.15) is 11.3 Å². The fourth-order valence-corrected chi connectivity index (χ4v) is 2.89. The van der Waals surface area contributed by atoms with Crippen molar-refractivity contribution in [3.05, 3.63) is 22.4 Å². The van der Waals surface area contributed by atoms with E-state index in [4.69, 9.17) is 0 Å². The van der Waals surface area contributed by atoms with Crippen LogP contribution in [0.25, 0.3) is 0 Å². The molecule has 18 heavy (non-hydrogen) atoms. The second kappa shape index (κ2) is 6.87. The van der Waals surface area contributed by atoms with Crippen LogP contribution < -0.4 is 5.32 Å². The van der Waals surface area contributed by atoms with E-state index in [9.17, 15) is 4.79 Å². The van der Waals surface area contributed by atoms with Crippen LogP contribution in [0.2, 0.25) is 0 Å². The maximum atomic E-state index is 12.0. The van der Waals surface area contributed by atoms with Crippen molar-refractivity contribution in [3.8, 4) is 0 Å². The summed E-state index contributed by atoms with van der Waals surface area (Å²) in [4.78, 5) is 17.5. The Morgan fingerprint density at radius 1 is 1.50 bits per heavy atom. The fourth-order valence-electron chi connectivity index (χ4n) is 2.11. The van der Waals surface area contributed by atoms with Crippen LogP contribution in [-0.2, 0) is 11.3 Å². The predicted molar refractivity (Wildman–Crippen MR) is 74.7 cm³/mol. The number of nitrogens with zero attached hydrogens (tertiary/aromatic N) is 2. The van der Waals surface area contributed by atoms with Gasteiger partial charge in [0.15, 0.2) is 0 Å². The van der Waals surface area contributed by atoms with E-state index in [2.05, 4.69) is 34.8 Å². The summed E-state index contributed by atoms with van der Waals surface area (Å²) >= 11 is 1.77. The number of amides is 1. The summed E-state index contributed by atoms with van der Waals surface area (Å²) in [6.07, 6.45) is 0.627. The molecule has 100 valence electrons. The van der Waals surface area contributed by atoms with Gasteiger partial charge in [-0.25, -0.2) is 0 Å². The Labute approximate surface area is 113 Å². The Morgan fingerprint density at radius 2 is 2.28 bits per heavy atom. The van der Waals surface area contributed by atoms with E-state index >= 15 is 0 Å². The van der Waals surface area contributed by atoms with Gasteiger partial charge < -0.3 is 15.1 Å². The molecule has 0 bridgehead atoms. The Hall–Kier alpha value is -0.910. The Morgan fingerprint density at radius 3 is 2.94 bits per heavy atom. The summed E-state index contributed by atoms with van der Waals surface area (Å²) in [6, 6.07) is 4.21. The molecule has 1 aliphatic heterocycles. The van der Waals surface area contributed by atoms with Gasteiger partial charge in [0.25, 0.3) is 0 Å². The second-order valence-electron chi connectivity index (χ2n) is 4.70. The van der Waals surface area contributed by atoms with Crippen molar-refractivity contribution >= 4 is 17.2 Å². The van der Waals surface area contributed by atoms with Crippen LogP contribution in [0.3, 0.4) is 0 Å². The maximum absolute atomic E-state index is 12.0. The largest absolute Gasteiger partial charge is 0.340 e. The predicted octanol–water partition coefficient (Wildman–Crippen LogP) is 1.00. The van der Waals surface area contributed by atoms with E-state index in [1.165, 1.54) is 4.88 Å². The van der Waals surface area contributed by atoms with E-state index in [1.807, 2.05) is 4.90 Å². The first-order valence-electron chi connectivity index (χ1n) is 6.45. The van der Waals surface area contributed by atoms with Crippen LogP contribution >= 0.6 is 11.3 Å². The molecule has 0 aromatic carbocycles. The Kier molecular flexibility index (Phi) is 5.16. The summed E-state index contributed by atoms with van der Waals surface area (Å²) in [5, 5.41) is 5.35. The number of nitrogens with one attached hydrogen (secondary N) is 1. The Bertz CT molecular complexity index is 360. The Balaban J connectivity index is 1.68. The van der Waals surface area contributed by atoms with Gasteiger partial charge in [0, 0.05) is 50.6 Å². The van der Waals surface area contributed by atoms with Gasteiger partial charge >= 0.3 is 0 Å². The monoisotopic (exact) mass is 267 g/mol. The van der Waals surface area contributed by atoms with Gasteiger partial charge in [-0.3, -0.25) is 4.79 Å². The van der Waals surface area contributed by atoms with Gasteiger partial charge in [-0.15, -0.1) is 11.3 Å². The zero-order valence-electron chi connectivity index (χ0n) is 10.9. The van der Waals surface area contributed by atoms with Gasteiger partial charge in [0.1, 0.15) is 0 Å². The lowest BCUT2D eigenvalue weighted by molar-refractivity contribution is -0.132. The van der Waals surface area contributed by atoms with Crippen molar-refractivity contribution in [2.24, 2.45) is 0 Å². The lowest BCUT2D eigenvalue weighted by Gasteiger charge is -2.28. The number of carbonyl (C=O) groups excluding carboxylic acids is 1. The summed E-state index contributed by atoms with van der Waals surface area (Å²) < 4.78 is 0. The molecule has 2 rings (SSSR count). The number of carbonyl (C=O) groups is 1. The zero-order valence-corrected chi connectivity index (χ0v) is 11.7. The molecule has 1 N–H and O–H groups in total. The van der Waals surface area contributed by atoms with Crippen molar-refractivity contribution in [1.82, 2.24) is 15.1 Å². The maximum Gasteiger partial charge on any atom is 0.223 e. The minimum absolute atomic E-state index is 0.287. The summed E-state index contributed by atoms with van der Waals surface area (Å²) in [6.45, 7) is 5.33. The fraction of sp³-hybridized carbons (Fsp3) is 0.615. The SMILES string of the molecule is CN(CCC(=O)N1CCNCC1)Cc1cccs1. The topological polar surface area (TPSA) is 35.6 Å². The van der Waals surface area contributed by atoms with Gasteiger partial charge in [-0.2, -0.15) is 0 Å². The van der Waals surface area contributed by atoms with Crippen molar-refractivity contribution in [3.63, 3.8) is 0 Å². The molecule has 1 aromatic heterocycles. The highest BCUT2D eigenvalue weighted by Gasteiger charge is 2.16. The van der Waals surface area contributed by atoms with Crippen LogP contribution in [0.5, 0.6) is 0 Å². The summed E-state index contributed by atoms with van der Waals surface area (Å²) in [5.41, 5.74) is 0. The third kappa shape index (κ3) is 4.08. The van der Waals surface area contributed by atoms with Gasteiger partial charge in [0.2, 0.25) is 5.91 Å². The van der Waals surface area contributed by atoms with E-state index in [0.29, 0.717) is 6.42 Å². The van der Waals surface area contributed by atoms with Gasteiger partial charge in [0.05, 0.1) is 0 Å². The normalized spacial score (nSPS) is 16.2. The number of hydrogen-bond donors (Lipinski definition) is 1. The molecule has 0 atom stereocenters.